The molecule has 1 aliphatic heterocycles. The summed E-state index contributed by atoms with van der Waals surface area (Å²) in [7, 11) is 3.09. The molecule has 1 saturated heterocycles. The van der Waals surface area contributed by atoms with Gasteiger partial charge in [0.2, 0.25) is 0 Å². The fourth-order valence-electron chi connectivity index (χ4n) is 4.15. The molecule has 0 aliphatic carbocycles. The number of carbonyl (C=O) groups is 2. The fourth-order valence-corrected chi connectivity index (χ4v) is 4.42. The number of aliphatic hydroxyl groups excluding tert-OH is 1. The maximum absolute atomic E-state index is 13.6. The first kappa shape index (κ1) is 24.5. The Labute approximate surface area is 210 Å². The highest BCUT2D eigenvalue weighted by atomic mass is 79.9. The molecule has 3 aromatic rings. The summed E-state index contributed by atoms with van der Waals surface area (Å²) < 4.78 is 25.1. The number of benzene rings is 3. The van der Waals surface area contributed by atoms with Crippen LogP contribution in [0.4, 0.5) is 4.39 Å². The highest BCUT2D eigenvalue weighted by Gasteiger charge is 2.45. The maximum atomic E-state index is 13.6. The van der Waals surface area contributed by atoms with Gasteiger partial charge in [0.05, 0.1) is 25.8 Å². The minimum Gasteiger partial charge on any atom is -0.507 e. The van der Waals surface area contributed by atoms with E-state index in [1.54, 1.807) is 37.4 Å². The molecule has 1 heterocycles. The van der Waals surface area contributed by atoms with Crippen LogP contribution in [0.15, 0.2) is 76.8 Å². The lowest BCUT2D eigenvalue weighted by Gasteiger charge is -2.25. The van der Waals surface area contributed by atoms with Crippen LogP contribution in [0.5, 0.6) is 11.5 Å². The number of carbonyl (C=O) groups excluding carboxylic acids is 2. The van der Waals surface area contributed by atoms with E-state index in [0.717, 1.165) is 10.0 Å². The number of ether oxygens (including phenoxy) is 2. The molecule has 0 saturated carbocycles. The van der Waals surface area contributed by atoms with E-state index >= 15 is 0 Å². The van der Waals surface area contributed by atoms with E-state index < -0.39 is 23.5 Å². The zero-order chi connectivity index (χ0) is 25.1. The van der Waals surface area contributed by atoms with Gasteiger partial charge in [-0.3, -0.25) is 9.59 Å². The Morgan fingerprint density at radius 3 is 2.26 bits per heavy atom. The highest BCUT2D eigenvalue weighted by Crippen LogP contribution is 2.40. The Morgan fingerprint density at radius 1 is 0.971 bits per heavy atom. The van der Waals surface area contributed by atoms with Gasteiger partial charge in [0, 0.05) is 16.6 Å². The zero-order valence-corrected chi connectivity index (χ0v) is 20.7. The van der Waals surface area contributed by atoms with Crippen LogP contribution in [0, 0.1) is 5.82 Å². The molecule has 1 fully saturated rings. The minimum absolute atomic E-state index is 0.0313. The molecule has 0 aromatic heterocycles. The number of hydrogen-bond acceptors (Lipinski definition) is 5. The Kier molecular flexibility index (Phi) is 7.21. The van der Waals surface area contributed by atoms with Gasteiger partial charge in [-0.1, -0.05) is 46.3 Å². The van der Waals surface area contributed by atoms with Crippen molar-refractivity contribution in [2.24, 2.45) is 0 Å². The number of Topliss-reactive ketones (excluding diaryl/α,β-unsaturated/α-hetero) is 1. The summed E-state index contributed by atoms with van der Waals surface area (Å²) in [6.45, 7) is 0.194. The summed E-state index contributed by atoms with van der Waals surface area (Å²) in [5.74, 6) is -1.09. The van der Waals surface area contributed by atoms with Gasteiger partial charge in [-0.2, -0.15) is 0 Å². The van der Waals surface area contributed by atoms with Gasteiger partial charge in [-0.05, 0) is 53.9 Å². The highest BCUT2D eigenvalue weighted by molar-refractivity contribution is 9.10. The third-order valence-corrected chi connectivity index (χ3v) is 6.46. The summed E-state index contributed by atoms with van der Waals surface area (Å²) in [6, 6.07) is 16.9. The second-order valence-corrected chi connectivity index (χ2v) is 8.91. The average molecular weight is 540 g/mol. The van der Waals surface area contributed by atoms with Crippen molar-refractivity contribution in [2.45, 2.75) is 12.5 Å². The molecule has 0 unspecified atom stereocenters. The molecular formula is C27H23BrFNO5. The Bertz CT molecular complexity index is 1290. The lowest BCUT2D eigenvalue weighted by molar-refractivity contribution is -0.139. The van der Waals surface area contributed by atoms with Crippen LogP contribution in [-0.4, -0.2) is 42.5 Å². The number of hydrogen-bond donors (Lipinski definition) is 1. The molecule has 0 radical (unpaired) electrons. The number of methoxy groups -OCH3 is 2. The third kappa shape index (κ3) is 4.93. The second kappa shape index (κ2) is 10.3. The molecular weight excluding hydrogens is 517 g/mol. The van der Waals surface area contributed by atoms with E-state index in [-0.39, 0.29) is 17.9 Å². The number of aliphatic hydroxyl groups is 1. The van der Waals surface area contributed by atoms with Crippen LogP contribution < -0.4 is 9.47 Å². The number of ketones is 1. The lowest BCUT2D eigenvalue weighted by Crippen LogP contribution is -2.31. The summed E-state index contributed by atoms with van der Waals surface area (Å²) in [5.41, 5.74) is 1.77. The molecule has 8 heteroatoms. The van der Waals surface area contributed by atoms with Crippen molar-refractivity contribution in [1.82, 2.24) is 4.90 Å². The molecule has 180 valence electrons. The van der Waals surface area contributed by atoms with Gasteiger partial charge < -0.3 is 19.5 Å². The Morgan fingerprint density at radius 2 is 1.63 bits per heavy atom. The van der Waals surface area contributed by atoms with Crippen molar-refractivity contribution in [2.75, 3.05) is 20.8 Å². The van der Waals surface area contributed by atoms with Crippen molar-refractivity contribution in [3.8, 4) is 11.5 Å². The van der Waals surface area contributed by atoms with Crippen LogP contribution in [-0.2, 0) is 16.0 Å². The van der Waals surface area contributed by atoms with Crippen molar-refractivity contribution < 1.29 is 28.6 Å². The monoisotopic (exact) mass is 539 g/mol. The van der Waals surface area contributed by atoms with Gasteiger partial charge in [0.1, 0.15) is 11.6 Å². The van der Waals surface area contributed by atoms with Gasteiger partial charge in [0.25, 0.3) is 11.7 Å². The van der Waals surface area contributed by atoms with E-state index in [4.69, 9.17) is 9.47 Å². The van der Waals surface area contributed by atoms with Crippen LogP contribution >= 0.6 is 15.9 Å². The molecule has 4 rings (SSSR count). The molecule has 1 N–H and O–H groups in total. The standard InChI is InChI=1S/C27H23BrFNO5/c1-34-21-12-3-16(15-22(21)35-2)13-14-30-24(17-6-10-20(29)11-7-17)23(26(32)27(30)33)25(31)18-4-8-19(28)9-5-18/h3-12,15,24,31H,13-14H2,1-2H3/t24-/m1/s1. The third-order valence-electron chi connectivity index (χ3n) is 5.93. The molecule has 6 nitrogen and oxygen atoms in total. The quantitative estimate of drug-likeness (QED) is 0.251. The number of halogens is 2. The smallest absolute Gasteiger partial charge is 0.295 e. The molecule has 0 bridgehead atoms. The largest absolute Gasteiger partial charge is 0.507 e. The van der Waals surface area contributed by atoms with Crippen molar-refractivity contribution in [1.29, 1.82) is 0 Å². The number of likely N-dealkylation sites (tertiary alicyclic amines) is 1. The Hall–Kier alpha value is -3.65. The van der Waals surface area contributed by atoms with E-state index in [1.807, 2.05) is 12.1 Å². The SMILES string of the molecule is COc1ccc(CCN2C(=O)C(=O)C(=C(O)c3ccc(Br)cc3)[C@H]2c2ccc(F)cc2)cc1OC. The summed E-state index contributed by atoms with van der Waals surface area (Å²) in [5, 5.41) is 11.1. The van der Waals surface area contributed by atoms with E-state index in [2.05, 4.69) is 15.9 Å². The Balaban J connectivity index is 1.73. The van der Waals surface area contributed by atoms with E-state index in [9.17, 15) is 19.1 Å². The van der Waals surface area contributed by atoms with Crippen molar-refractivity contribution in [3.63, 3.8) is 0 Å². The van der Waals surface area contributed by atoms with Gasteiger partial charge >= 0.3 is 0 Å². The van der Waals surface area contributed by atoms with Crippen LogP contribution in [0.25, 0.3) is 5.76 Å². The van der Waals surface area contributed by atoms with Gasteiger partial charge in [-0.15, -0.1) is 0 Å². The second-order valence-electron chi connectivity index (χ2n) is 7.99. The molecule has 0 spiro atoms. The first-order valence-electron chi connectivity index (χ1n) is 10.8. The normalized spacial score (nSPS) is 17.0. The van der Waals surface area contributed by atoms with Gasteiger partial charge in [-0.25, -0.2) is 4.39 Å². The first-order valence-corrected chi connectivity index (χ1v) is 11.6. The van der Waals surface area contributed by atoms with Crippen LogP contribution in [0.3, 0.4) is 0 Å². The molecule has 3 aromatic carbocycles. The molecule has 1 atom stereocenters. The fraction of sp³-hybridized carbons (Fsp3) is 0.185. The summed E-state index contributed by atoms with van der Waals surface area (Å²) >= 11 is 3.35. The molecule has 1 amide bonds. The maximum Gasteiger partial charge on any atom is 0.295 e. The molecule has 1 aliphatic rings. The minimum atomic E-state index is -0.862. The van der Waals surface area contributed by atoms with Crippen molar-refractivity contribution in [3.05, 3.63) is 99.3 Å². The van der Waals surface area contributed by atoms with Crippen LogP contribution in [0.1, 0.15) is 22.7 Å². The number of amides is 1. The average Bonchev–Trinajstić information content (AvgIpc) is 3.12. The zero-order valence-electron chi connectivity index (χ0n) is 19.1. The van der Waals surface area contributed by atoms with E-state index in [0.29, 0.717) is 29.0 Å². The van der Waals surface area contributed by atoms with Crippen LogP contribution in [0.2, 0.25) is 0 Å². The number of rotatable bonds is 7. The predicted molar refractivity (Wildman–Crippen MR) is 133 cm³/mol. The van der Waals surface area contributed by atoms with E-state index in [1.165, 1.54) is 36.3 Å². The van der Waals surface area contributed by atoms with Crippen molar-refractivity contribution >= 4 is 33.4 Å². The lowest BCUT2D eigenvalue weighted by atomic mass is 9.95. The van der Waals surface area contributed by atoms with Gasteiger partial charge in [0.15, 0.2) is 11.5 Å². The molecule has 35 heavy (non-hydrogen) atoms. The first-order chi connectivity index (χ1) is 16.8. The topological polar surface area (TPSA) is 76.1 Å². The predicted octanol–water partition coefficient (Wildman–Crippen LogP) is 5.27. The number of nitrogens with zero attached hydrogens (tertiary/aromatic N) is 1. The summed E-state index contributed by atoms with van der Waals surface area (Å²) in [4.78, 5) is 27.6. The summed E-state index contributed by atoms with van der Waals surface area (Å²) in [6.07, 6.45) is 0.420.